The van der Waals surface area contributed by atoms with Gasteiger partial charge in [-0.15, -0.1) is 0 Å². The van der Waals surface area contributed by atoms with Crippen LogP contribution in [0.3, 0.4) is 0 Å². The molecule has 3 rings (SSSR count). The SMILES string of the molecule is Cc1[nH]ncc1C(=O)N[C@@H]1CCN(C(=O)C2CCCCC2)C1. The molecule has 1 aromatic heterocycles. The van der Waals surface area contributed by atoms with Crippen LogP contribution in [0.1, 0.15) is 54.6 Å². The van der Waals surface area contributed by atoms with Crippen molar-refractivity contribution in [1.29, 1.82) is 0 Å². The molecule has 1 aliphatic heterocycles. The van der Waals surface area contributed by atoms with Crippen LogP contribution in [0.4, 0.5) is 0 Å². The molecule has 2 heterocycles. The number of rotatable bonds is 3. The van der Waals surface area contributed by atoms with Crippen LogP contribution in [0.2, 0.25) is 0 Å². The van der Waals surface area contributed by atoms with E-state index < -0.39 is 0 Å². The zero-order valence-corrected chi connectivity index (χ0v) is 13.1. The molecular formula is C16H24N4O2. The van der Waals surface area contributed by atoms with Crippen LogP contribution in [0.25, 0.3) is 0 Å². The van der Waals surface area contributed by atoms with E-state index in [4.69, 9.17) is 0 Å². The standard InChI is InChI=1S/C16H24N4O2/c1-11-14(9-17-19-11)15(21)18-13-7-8-20(10-13)16(22)12-5-3-2-4-6-12/h9,12-13H,2-8,10H2,1H3,(H,17,19)(H,18,21)/t13-/m1/s1. The number of nitrogens with one attached hydrogen (secondary N) is 2. The summed E-state index contributed by atoms with van der Waals surface area (Å²) in [4.78, 5) is 26.6. The third kappa shape index (κ3) is 3.15. The largest absolute Gasteiger partial charge is 0.347 e. The molecule has 1 aliphatic carbocycles. The summed E-state index contributed by atoms with van der Waals surface area (Å²) in [6.07, 6.45) is 8.04. The first-order valence-electron chi connectivity index (χ1n) is 8.25. The molecule has 6 heteroatoms. The molecule has 120 valence electrons. The molecule has 2 amide bonds. The van der Waals surface area contributed by atoms with Gasteiger partial charge in [0.2, 0.25) is 5.91 Å². The number of nitrogens with zero attached hydrogens (tertiary/aromatic N) is 2. The Hall–Kier alpha value is -1.85. The number of likely N-dealkylation sites (tertiary alicyclic amines) is 1. The Kier molecular flexibility index (Phi) is 4.45. The van der Waals surface area contributed by atoms with E-state index in [1.165, 1.54) is 19.3 Å². The first kappa shape index (κ1) is 15.1. The summed E-state index contributed by atoms with van der Waals surface area (Å²) in [6.45, 7) is 3.22. The summed E-state index contributed by atoms with van der Waals surface area (Å²) in [5, 5.41) is 9.66. The van der Waals surface area contributed by atoms with Gasteiger partial charge in [0, 0.05) is 30.7 Å². The highest BCUT2D eigenvalue weighted by Gasteiger charge is 2.32. The molecule has 2 fully saturated rings. The van der Waals surface area contributed by atoms with Gasteiger partial charge in [0.1, 0.15) is 0 Å². The smallest absolute Gasteiger partial charge is 0.255 e. The van der Waals surface area contributed by atoms with Gasteiger partial charge in [0.05, 0.1) is 11.8 Å². The van der Waals surface area contributed by atoms with Crippen molar-refractivity contribution in [3.63, 3.8) is 0 Å². The number of carbonyl (C=O) groups is 2. The molecule has 1 saturated carbocycles. The number of carbonyl (C=O) groups excluding carboxylic acids is 2. The number of hydrogen-bond donors (Lipinski definition) is 2. The molecule has 0 aromatic carbocycles. The molecule has 0 bridgehead atoms. The normalized spacial score (nSPS) is 22.8. The molecule has 0 unspecified atom stereocenters. The van der Waals surface area contributed by atoms with Crippen molar-refractivity contribution in [3.05, 3.63) is 17.5 Å². The third-order valence-corrected chi connectivity index (χ3v) is 4.86. The number of hydrogen-bond acceptors (Lipinski definition) is 3. The van der Waals surface area contributed by atoms with Crippen molar-refractivity contribution in [2.45, 2.75) is 51.5 Å². The van der Waals surface area contributed by atoms with Gasteiger partial charge in [-0.25, -0.2) is 0 Å². The molecule has 6 nitrogen and oxygen atoms in total. The number of aromatic amines is 1. The topological polar surface area (TPSA) is 78.1 Å². The van der Waals surface area contributed by atoms with Gasteiger partial charge in [-0.1, -0.05) is 19.3 Å². The second kappa shape index (κ2) is 6.50. The molecule has 0 spiro atoms. The van der Waals surface area contributed by atoms with E-state index in [9.17, 15) is 9.59 Å². The van der Waals surface area contributed by atoms with Crippen LogP contribution in [0, 0.1) is 12.8 Å². The van der Waals surface area contributed by atoms with E-state index in [0.29, 0.717) is 12.1 Å². The van der Waals surface area contributed by atoms with E-state index in [0.717, 1.165) is 31.5 Å². The number of H-pyrrole nitrogens is 1. The van der Waals surface area contributed by atoms with Gasteiger partial charge >= 0.3 is 0 Å². The third-order valence-electron chi connectivity index (χ3n) is 4.86. The fraction of sp³-hybridized carbons (Fsp3) is 0.688. The minimum absolute atomic E-state index is 0.0503. The van der Waals surface area contributed by atoms with E-state index in [1.807, 2.05) is 11.8 Å². The second-order valence-electron chi connectivity index (χ2n) is 6.49. The number of aryl methyl sites for hydroxylation is 1. The average Bonchev–Trinajstić information content (AvgIpc) is 3.16. The molecule has 22 heavy (non-hydrogen) atoms. The highest BCUT2D eigenvalue weighted by atomic mass is 16.2. The summed E-state index contributed by atoms with van der Waals surface area (Å²) in [5.74, 6) is 0.387. The second-order valence-corrected chi connectivity index (χ2v) is 6.49. The van der Waals surface area contributed by atoms with Crippen molar-refractivity contribution in [2.24, 2.45) is 5.92 Å². The molecule has 1 saturated heterocycles. The first-order chi connectivity index (χ1) is 10.6. The Morgan fingerprint density at radius 1 is 1.27 bits per heavy atom. The van der Waals surface area contributed by atoms with Crippen molar-refractivity contribution >= 4 is 11.8 Å². The Morgan fingerprint density at radius 2 is 2.05 bits per heavy atom. The van der Waals surface area contributed by atoms with E-state index in [-0.39, 0.29) is 23.8 Å². The Bertz CT molecular complexity index is 548. The minimum atomic E-state index is -0.108. The maximum atomic E-state index is 12.5. The quantitative estimate of drug-likeness (QED) is 0.891. The van der Waals surface area contributed by atoms with E-state index in [2.05, 4.69) is 15.5 Å². The van der Waals surface area contributed by atoms with Crippen molar-refractivity contribution in [1.82, 2.24) is 20.4 Å². The minimum Gasteiger partial charge on any atom is -0.347 e. The fourth-order valence-corrected chi connectivity index (χ4v) is 3.53. The first-order valence-corrected chi connectivity index (χ1v) is 8.25. The summed E-state index contributed by atoms with van der Waals surface area (Å²) < 4.78 is 0. The van der Waals surface area contributed by atoms with Crippen LogP contribution in [-0.2, 0) is 4.79 Å². The number of aromatic nitrogens is 2. The van der Waals surface area contributed by atoms with Gasteiger partial charge in [-0.3, -0.25) is 14.7 Å². The lowest BCUT2D eigenvalue weighted by molar-refractivity contribution is -0.135. The zero-order valence-electron chi connectivity index (χ0n) is 13.1. The predicted octanol–water partition coefficient (Wildman–Crippen LogP) is 1.63. The Balaban J connectivity index is 1.52. The van der Waals surface area contributed by atoms with E-state index >= 15 is 0 Å². The van der Waals surface area contributed by atoms with Crippen LogP contribution in [0.15, 0.2) is 6.20 Å². The maximum Gasteiger partial charge on any atom is 0.255 e. The zero-order chi connectivity index (χ0) is 15.5. The molecule has 2 N–H and O–H groups in total. The lowest BCUT2D eigenvalue weighted by Gasteiger charge is -2.26. The molecule has 1 atom stereocenters. The molecular weight excluding hydrogens is 280 g/mol. The Labute approximate surface area is 130 Å². The van der Waals surface area contributed by atoms with Gasteiger partial charge in [0.25, 0.3) is 5.91 Å². The van der Waals surface area contributed by atoms with Gasteiger partial charge in [0.15, 0.2) is 0 Å². The Morgan fingerprint density at radius 3 is 2.73 bits per heavy atom. The highest BCUT2D eigenvalue weighted by molar-refractivity contribution is 5.95. The van der Waals surface area contributed by atoms with Gasteiger partial charge in [-0.05, 0) is 26.2 Å². The van der Waals surface area contributed by atoms with Crippen LogP contribution < -0.4 is 5.32 Å². The fourth-order valence-electron chi connectivity index (χ4n) is 3.53. The van der Waals surface area contributed by atoms with Gasteiger partial charge in [-0.2, -0.15) is 5.10 Å². The van der Waals surface area contributed by atoms with Crippen molar-refractivity contribution in [2.75, 3.05) is 13.1 Å². The van der Waals surface area contributed by atoms with Crippen molar-refractivity contribution < 1.29 is 9.59 Å². The van der Waals surface area contributed by atoms with Gasteiger partial charge < -0.3 is 10.2 Å². The predicted molar refractivity (Wildman–Crippen MR) is 82.4 cm³/mol. The molecule has 2 aliphatic rings. The summed E-state index contributed by atoms with van der Waals surface area (Å²) >= 11 is 0. The lowest BCUT2D eigenvalue weighted by atomic mass is 9.88. The summed E-state index contributed by atoms with van der Waals surface area (Å²) in [6, 6.07) is 0.0503. The maximum absolute atomic E-state index is 12.5. The van der Waals surface area contributed by atoms with Crippen LogP contribution in [-0.4, -0.2) is 46.0 Å². The summed E-state index contributed by atoms with van der Waals surface area (Å²) in [7, 11) is 0. The van der Waals surface area contributed by atoms with Crippen molar-refractivity contribution in [3.8, 4) is 0 Å². The monoisotopic (exact) mass is 304 g/mol. The van der Waals surface area contributed by atoms with Crippen LogP contribution in [0.5, 0.6) is 0 Å². The highest BCUT2D eigenvalue weighted by Crippen LogP contribution is 2.26. The van der Waals surface area contributed by atoms with E-state index in [1.54, 1.807) is 6.20 Å². The number of amides is 2. The molecule has 1 aromatic rings. The summed E-state index contributed by atoms with van der Waals surface area (Å²) in [5.41, 5.74) is 1.35. The average molecular weight is 304 g/mol. The molecule has 0 radical (unpaired) electrons. The van der Waals surface area contributed by atoms with Crippen LogP contribution >= 0.6 is 0 Å². The lowest BCUT2D eigenvalue weighted by Crippen LogP contribution is -2.40.